The maximum absolute atomic E-state index is 14.8. The van der Waals surface area contributed by atoms with Crippen molar-refractivity contribution in [1.82, 2.24) is 10.4 Å². The molecular weight excluding hydrogens is 556 g/mol. The highest BCUT2D eigenvalue weighted by atomic mass is 35.5. The molecule has 0 aliphatic carbocycles. The summed E-state index contributed by atoms with van der Waals surface area (Å²) in [6.07, 6.45) is -12.0. The number of halogens is 10. The molecule has 190 valence electrons. The van der Waals surface area contributed by atoms with Gasteiger partial charge in [-0.05, 0) is 35.9 Å². The number of rotatable bonds is 4. The second kappa shape index (κ2) is 10.5. The van der Waals surface area contributed by atoms with Crippen LogP contribution in [0.5, 0.6) is 0 Å². The van der Waals surface area contributed by atoms with Crippen LogP contribution in [0.1, 0.15) is 33.0 Å². The maximum atomic E-state index is 14.8. The first-order valence-corrected chi connectivity index (χ1v) is 10.1. The van der Waals surface area contributed by atoms with Gasteiger partial charge < -0.3 is 5.11 Å². The van der Waals surface area contributed by atoms with Crippen molar-refractivity contribution in [3.8, 4) is 0 Å². The first kappa shape index (κ1) is 28.5. The third kappa shape index (κ3) is 6.92. The SMILES string of the molecule is CN(NC(=O)c1ccc(/C(F)=C/C(c2cc(Cl)c(Cl)c(Cl)c2)C(F)(F)F)cc1C(F)(F)F)C(=O)O. The molecule has 35 heavy (non-hydrogen) atoms. The van der Waals surface area contributed by atoms with Crippen molar-refractivity contribution in [2.45, 2.75) is 18.3 Å². The molecule has 2 amide bonds. The highest BCUT2D eigenvalue weighted by molar-refractivity contribution is 6.48. The Kier molecular flexibility index (Phi) is 8.57. The molecule has 1 atom stereocenters. The number of allylic oxidation sites excluding steroid dienone is 1. The Morgan fingerprint density at radius 1 is 1.03 bits per heavy atom. The Bertz CT molecular complexity index is 1160. The number of hydrogen-bond donors (Lipinski definition) is 2. The molecular formula is C20H12Cl3F7N2O3. The van der Waals surface area contributed by atoms with E-state index in [-0.39, 0.29) is 32.2 Å². The number of carbonyl (C=O) groups excluding carboxylic acids is 1. The van der Waals surface area contributed by atoms with E-state index in [1.54, 1.807) is 5.43 Å². The van der Waals surface area contributed by atoms with E-state index in [2.05, 4.69) is 0 Å². The largest absolute Gasteiger partial charge is 0.464 e. The number of hydrogen-bond acceptors (Lipinski definition) is 2. The van der Waals surface area contributed by atoms with Gasteiger partial charge in [-0.3, -0.25) is 10.2 Å². The normalized spacial score (nSPS) is 13.4. The number of amides is 2. The van der Waals surface area contributed by atoms with Crippen LogP contribution in [-0.2, 0) is 6.18 Å². The molecule has 0 spiro atoms. The van der Waals surface area contributed by atoms with Gasteiger partial charge in [-0.15, -0.1) is 0 Å². The summed E-state index contributed by atoms with van der Waals surface area (Å²) < 4.78 is 96.3. The van der Waals surface area contributed by atoms with Gasteiger partial charge in [0.2, 0.25) is 0 Å². The Hall–Kier alpha value is -2.70. The predicted octanol–water partition coefficient (Wildman–Crippen LogP) is 7.58. The van der Waals surface area contributed by atoms with Gasteiger partial charge in [0.1, 0.15) is 11.7 Å². The molecule has 2 aromatic carbocycles. The van der Waals surface area contributed by atoms with E-state index in [0.29, 0.717) is 12.1 Å². The third-order valence-corrected chi connectivity index (χ3v) is 5.63. The van der Waals surface area contributed by atoms with E-state index in [0.717, 1.165) is 19.2 Å². The van der Waals surface area contributed by atoms with Crippen LogP contribution in [0.15, 0.2) is 36.4 Å². The number of carboxylic acid groups (broad SMARTS) is 1. The summed E-state index contributed by atoms with van der Waals surface area (Å²) in [7, 11) is 0.830. The van der Waals surface area contributed by atoms with E-state index in [9.17, 15) is 40.3 Å². The molecule has 0 fully saturated rings. The summed E-state index contributed by atoms with van der Waals surface area (Å²) in [5, 5.41) is 7.93. The number of benzene rings is 2. The molecule has 0 aromatic heterocycles. The van der Waals surface area contributed by atoms with Crippen molar-refractivity contribution < 1.29 is 45.4 Å². The molecule has 1 unspecified atom stereocenters. The zero-order chi connectivity index (χ0) is 26.9. The Labute approximate surface area is 207 Å². The summed E-state index contributed by atoms with van der Waals surface area (Å²) in [5.41, 5.74) is -2.72. The summed E-state index contributed by atoms with van der Waals surface area (Å²) in [4.78, 5) is 22.9. The van der Waals surface area contributed by atoms with Gasteiger partial charge >= 0.3 is 18.4 Å². The van der Waals surface area contributed by atoms with E-state index in [1.165, 1.54) is 0 Å². The third-order valence-electron chi connectivity index (χ3n) is 4.43. The van der Waals surface area contributed by atoms with Crippen molar-refractivity contribution in [2.24, 2.45) is 0 Å². The molecule has 2 N–H and O–H groups in total. The highest BCUT2D eigenvalue weighted by Gasteiger charge is 2.41. The summed E-state index contributed by atoms with van der Waals surface area (Å²) >= 11 is 17.2. The topological polar surface area (TPSA) is 69.6 Å². The van der Waals surface area contributed by atoms with Gasteiger partial charge in [0.05, 0.1) is 26.2 Å². The van der Waals surface area contributed by atoms with Crippen LogP contribution in [0.4, 0.5) is 35.5 Å². The van der Waals surface area contributed by atoms with E-state index >= 15 is 0 Å². The van der Waals surface area contributed by atoms with Gasteiger partial charge in [0, 0.05) is 12.6 Å². The summed E-state index contributed by atoms with van der Waals surface area (Å²) in [5.74, 6) is -5.87. The number of alkyl halides is 6. The lowest BCUT2D eigenvalue weighted by Gasteiger charge is -2.20. The van der Waals surface area contributed by atoms with Crippen molar-refractivity contribution in [1.29, 1.82) is 0 Å². The van der Waals surface area contributed by atoms with Crippen molar-refractivity contribution in [3.63, 3.8) is 0 Å². The zero-order valence-electron chi connectivity index (χ0n) is 17.0. The Morgan fingerprint density at radius 3 is 2.03 bits per heavy atom. The minimum atomic E-state index is -5.24. The van der Waals surface area contributed by atoms with Crippen LogP contribution < -0.4 is 5.43 Å². The Morgan fingerprint density at radius 2 is 1.57 bits per heavy atom. The number of hydrazine groups is 1. The number of carbonyl (C=O) groups is 2. The zero-order valence-corrected chi connectivity index (χ0v) is 19.3. The maximum Gasteiger partial charge on any atom is 0.425 e. The smallest absolute Gasteiger partial charge is 0.425 e. The van der Waals surface area contributed by atoms with Gasteiger partial charge in [-0.25, -0.2) is 14.2 Å². The fourth-order valence-electron chi connectivity index (χ4n) is 2.76. The monoisotopic (exact) mass is 566 g/mol. The molecule has 0 aliphatic rings. The molecule has 5 nitrogen and oxygen atoms in total. The van der Waals surface area contributed by atoms with Crippen LogP contribution in [0.2, 0.25) is 15.1 Å². The van der Waals surface area contributed by atoms with Crippen LogP contribution in [-0.4, -0.2) is 35.3 Å². The molecule has 0 saturated heterocycles. The van der Waals surface area contributed by atoms with E-state index in [4.69, 9.17) is 39.9 Å². The second-order valence-electron chi connectivity index (χ2n) is 6.87. The molecule has 0 aliphatic heterocycles. The molecule has 0 saturated carbocycles. The van der Waals surface area contributed by atoms with Crippen molar-refractivity contribution in [3.05, 3.63) is 73.7 Å². The van der Waals surface area contributed by atoms with Crippen molar-refractivity contribution >= 4 is 52.6 Å². The van der Waals surface area contributed by atoms with E-state index in [1.807, 2.05) is 0 Å². The molecule has 2 rings (SSSR count). The minimum Gasteiger partial charge on any atom is -0.464 e. The van der Waals surface area contributed by atoms with Crippen LogP contribution in [0.3, 0.4) is 0 Å². The molecule has 0 radical (unpaired) electrons. The first-order chi connectivity index (χ1) is 15.9. The lowest BCUT2D eigenvalue weighted by atomic mass is 9.95. The predicted molar refractivity (Wildman–Crippen MR) is 114 cm³/mol. The quantitative estimate of drug-likeness (QED) is 0.227. The van der Waals surface area contributed by atoms with Crippen LogP contribution in [0.25, 0.3) is 5.83 Å². The average Bonchev–Trinajstić information content (AvgIpc) is 2.73. The van der Waals surface area contributed by atoms with Crippen LogP contribution >= 0.6 is 34.8 Å². The van der Waals surface area contributed by atoms with Crippen molar-refractivity contribution in [2.75, 3.05) is 7.05 Å². The van der Waals surface area contributed by atoms with Crippen LogP contribution in [0, 0.1) is 0 Å². The van der Waals surface area contributed by atoms with E-state index < -0.39 is 58.4 Å². The summed E-state index contributed by atoms with van der Waals surface area (Å²) in [6, 6.07) is 2.81. The van der Waals surface area contributed by atoms with Gasteiger partial charge in [0.15, 0.2) is 0 Å². The van der Waals surface area contributed by atoms with Gasteiger partial charge in [0.25, 0.3) is 5.91 Å². The number of nitrogens with one attached hydrogen (secondary N) is 1. The minimum absolute atomic E-state index is 0.0172. The molecule has 0 heterocycles. The fraction of sp³-hybridized carbons (Fsp3) is 0.200. The van der Waals surface area contributed by atoms with Gasteiger partial charge in [-0.1, -0.05) is 40.9 Å². The first-order valence-electron chi connectivity index (χ1n) is 9.01. The highest BCUT2D eigenvalue weighted by Crippen LogP contribution is 2.42. The molecule has 0 bridgehead atoms. The standard InChI is InChI=1S/C20H12Cl3F7N2O3/c1-32(18(34)35)31-17(33)10-3-2-8(4-12(10)20(28,29)30)15(24)7-11(19(25,26)27)9-5-13(21)16(23)14(22)6-9/h2-7,11H,1H3,(H,31,33)(H,34,35)/b15-7-. The lowest BCUT2D eigenvalue weighted by molar-refractivity contribution is -0.140. The van der Waals surface area contributed by atoms with Gasteiger partial charge in [-0.2, -0.15) is 26.3 Å². The lowest BCUT2D eigenvalue weighted by Crippen LogP contribution is -2.43. The fourth-order valence-corrected chi connectivity index (χ4v) is 3.38. The molecule has 2 aromatic rings. The number of nitrogens with zero attached hydrogens (tertiary/aromatic N) is 1. The summed E-state index contributed by atoms with van der Waals surface area (Å²) in [6.45, 7) is 0. The average molecular weight is 568 g/mol. The second-order valence-corrected chi connectivity index (χ2v) is 8.07. The Balaban J connectivity index is 2.58. The molecule has 15 heteroatoms.